The normalized spacial score (nSPS) is 13.9. The zero-order valence-corrected chi connectivity index (χ0v) is 17.8. The van der Waals surface area contributed by atoms with Crippen LogP contribution < -0.4 is 0 Å². The Morgan fingerprint density at radius 3 is 2.41 bits per heavy atom. The van der Waals surface area contributed by atoms with Crippen molar-refractivity contribution in [2.45, 2.75) is 19.1 Å². The summed E-state index contributed by atoms with van der Waals surface area (Å²) in [7, 11) is 0. The lowest BCUT2D eigenvalue weighted by Gasteiger charge is -2.24. The Balaban J connectivity index is 1.47. The van der Waals surface area contributed by atoms with E-state index < -0.39 is 29.6 Å². The number of carbonyl (C=O) groups is 3. The van der Waals surface area contributed by atoms with Crippen LogP contribution in [-0.4, -0.2) is 50.9 Å². The van der Waals surface area contributed by atoms with E-state index in [4.69, 9.17) is 9.26 Å². The van der Waals surface area contributed by atoms with Gasteiger partial charge in [0.15, 0.2) is 6.61 Å². The second-order valence-corrected chi connectivity index (χ2v) is 7.94. The third-order valence-electron chi connectivity index (χ3n) is 4.91. The van der Waals surface area contributed by atoms with Crippen LogP contribution in [0.4, 0.5) is 4.39 Å². The molecule has 0 bridgehead atoms. The van der Waals surface area contributed by atoms with Gasteiger partial charge in [0, 0.05) is 5.56 Å². The Morgan fingerprint density at radius 1 is 1.12 bits per heavy atom. The van der Waals surface area contributed by atoms with Crippen LogP contribution in [0.3, 0.4) is 0 Å². The summed E-state index contributed by atoms with van der Waals surface area (Å²) in [5, 5.41) is 3.80. The van der Waals surface area contributed by atoms with Crippen molar-refractivity contribution in [2.75, 3.05) is 12.0 Å². The minimum atomic E-state index is -1.07. The molecule has 0 saturated carbocycles. The molecule has 0 N–H and O–H groups in total. The highest BCUT2D eigenvalue weighted by Gasteiger charge is 2.43. The monoisotopic (exact) mass is 455 g/mol. The molecule has 2 heterocycles. The second kappa shape index (κ2) is 9.31. The van der Waals surface area contributed by atoms with Crippen molar-refractivity contribution in [3.63, 3.8) is 0 Å². The van der Waals surface area contributed by atoms with Gasteiger partial charge < -0.3 is 9.26 Å². The quantitative estimate of drug-likeness (QED) is 0.376. The van der Waals surface area contributed by atoms with E-state index in [1.807, 2.05) is 6.26 Å². The predicted molar refractivity (Wildman–Crippen MR) is 113 cm³/mol. The minimum Gasteiger partial charge on any atom is -0.454 e. The molecule has 0 saturated heterocycles. The molecule has 1 unspecified atom stereocenters. The van der Waals surface area contributed by atoms with Crippen molar-refractivity contribution in [2.24, 2.45) is 0 Å². The first kappa shape index (κ1) is 21.7. The van der Waals surface area contributed by atoms with Crippen molar-refractivity contribution >= 4 is 29.5 Å². The van der Waals surface area contributed by atoms with Gasteiger partial charge in [-0.1, -0.05) is 17.3 Å². The minimum absolute atomic E-state index is 0.0312. The maximum absolute atomic E-state index is 13.1. The topological polar surface area (TPSA) is 103 Å². The standard InChI is InChI=1S/C22H18FN3O5S/c1-32-11-10-17(26-20(27)15-4-2-3-5-16(15)21(26)28)22(29)30-12-18-24-19(25-31-18)13-6-8-14(23)9-7-13/h2-9,17H,10-12H2,1H3. The predicted octanol–water partition coefficient (Wildman–Crippen LogP) is 3.34. The Hall–Kier alpha value is -3.53. The number of imide groups is 1. The molecule has 0 radical (unpaired) electrons. The lowest BCUT2D eigenvalue weighted by molar-refractivity contribution is -0.150. The molecular weight excluding hydrogens is 437 g/mol. The number of halogens is 1. The smallest absolute Gasteiger partial charge is 0.329 e. The number of rotatable bonds is 8. The van der Waals surface area contributed by atoms with Crippen LogP contribution in [0.1, 0.15) is 33.0 Å². The molecule has 2 amide bonds. The van der Waals surface area contributed by atoms with Crippen LogP contribution in [0.25, 0.3) is 11.4 Å². The van der Waals surface area contributed by atoms with E-state index in [2.05, 4.69) is 10.1 Å². The van der Waals surface area contributed by atoms with Gasteiger partial charge in [0.25, 0.3) is 17.7 Å². The van der Waals surface area contributed by atoms with E-state index >= 15 is 0 Å². The Morgan fingerprint density at radius 2 is 1.78 bits per heavy atom. The first-order valence-corrected chi connectivity index (χ1v) is 11.1. The number of benzene rings is 2. The molecule has 4 rings (SSSR count). The molecule has 2 aromatic carbocycles. The lowest BCUT2D eigenvalue weighted by Crippen LogP contribution is -2.46. The summed E-state index contributed by atoms with van der Waals surface area (Å²) in [5.74, 6) is -1.39. The van der Waals surface area contributed by atoms with E-state index in [0.29, 0.717) is 11.3 Å². The molecule has 10 heteroatoms. The fourth-order valence-corrected chi connectivity index (χ4v) is 3.79. The van der Waals surface area contributed by atoms with Gasteiger partial charge in [-0.15, -0.1) is 0 Å². The lowest BCUT2D eigenvalue weighted by atomic mass is 10.1. The number of ether oxygens (including phenoxy) is 1. The number of amides is 2. The summed E-state index contributed by atoms with van der Waals surface area (Å²) in [5.41, 5.74) is 1.07. The first-order valence-electron chi connectivity index (χ1n) is 9.70. The molecule has 8 nitrogen and oxygen atoms in total. The van der Waals surface area contributed by atoms with Crippen molar-refractivity contribution in [3.05, 3.63) is 71.4 Å². The number of thioether (sulfide) groups is 1. The number of nitrogens with zero attached hydrogens (tertiary/aromatic N) is 3. The van der Waals surface area contributed by atoms with E-state index in [1.165, 1.54) is 36.0 Å². The van der Waals surface area contributed by atoms with E-state index in [9.17, 15) is 18.8 Å². The zero-order valence-electron chi connectivity index (χ0n) is 17.0. The maximum atomic E-state index is 13.1. The molecule has 32 heavy (non-hydrogen) atoms. The summed E-state index contributed by atoms with van der Waals surface area (Å²) in [6.07, 6.45) is 2.11. The Bertz CT molecular complexity index is 1130. The fourth-order valence-electron chi connectivity index (χ4n) is 3.33. The average Bonchev–Trinajstić information content (AvgIpc) is 3.37. The van der Waals surface area contributed by atoms with Crippen molar-refractivity contribution in [1.29, 1.82) is 0 Å². The largest absolute Gasteiger partial charge is 0.454 e. The molecular formula is C22H18FN3O5S. The summed E-state index contributed by atoms with van der Waals surface area (Å²) in [6.45, 7) is -0.327. The fraction of sp³-hybridized carbons (Fsp3) is 0.227. The summed E-state index contributed by atoms with van der Waals surface area (Å²) >= 11 is 1.48. The van der Waals surface area contributed by atoms with Crippen LogP contribution in [0.5, 0.6) is 0 Å². The van der Waals surface area contributed by atoms with Crippen molar-refractivity contribution in [3.8, 4) is 11.4 Å². The number of hydrogen-bond acceptors (Lipinski definition) is 8. The van der Waals surface area contributed by atoms with Crippen LogP contribution in [-0.2, 0) is 16.1 Å². The van der Waals surface area contributed by atoms with Crippen LogP contribution in [0.2, 0.25) is 0 Å². The average molecular weight is 455 g/mol. The van der Waals surface area contributed by atoms with Gasteiger partial charge in [0.05, 0.1) is 11.1 Å². The van der Waals surface area contributed by atoms with Crippen LogP contribution in [0, 0.1) is 5.82 Å². The third-order valence-corrected chi connectivity index (χ3v) is 5.56. The maximum Gasteiger partial charge on any atom is 0.329 e. The molecule has 1 atom stereocenters. The van der Waals surface area contributed by atoms with Gasteiger partial charge in [0.1, 0.15) is 11.9 Å². The number of aromatic nitrogens is 2. The number of fused-ring (bicyclic) bond motifs is 1. The van der Waals surface area contributed by atoms with E-state index in [1.54, 1.807) is 24.3 Å². The highest BCUT2D eigenvalue weighted by atomic mass is 32.2. The number of hydrogen-bond donors (Lipinski definition) is 0. The van der Waals surface area contributed by atoms with Gasteiger partial charge in [-0.3, -0.25) is 14.5 Å². The van der Waals surface area contributed by atoms with Gasteiger partial charge in [-0.05, 0) is 54.8 Å². The van der Waals surface area contributed by atoms with Crippen LogP contribution >= 0.6 is 11.8 Å². The van der Waals surface area contributed by atoms with Crippen LogP contribution in [0.15, 0.2) is 53.1 Å². The van der Waals surface area contributed by atoms with E-state index in [-0.39, 0.29) is 35.9 Å². The summed E-state index contributed by atoms with van der Waals surface area (Å²) in [6, 6.07) is 10.9. The molecule has 0 aliphatic carbocycles. The SMILES string of the molecule is CSCCC(C(=O)OCc1nc(-c2ccc(F)cc2)no1)N1C(=O)c2ccccc2C1=O. The highest BCUT2D eigenvalue weighted by molar-refractivity contribution is 7.98. The molecule has 164 valence electrons. The zero-order chi connectivity index (χ0) is 22.7. The number of esters is 1. The van der Waals surface area contributed by atoms with E-state index in [0.717, 1.165) is 4.90 Å². The summed E-state index contributed by atoms with van der Waals surface area (Å²) in [4.78, 5) is 43.5. The molecule has 0 fully saturated rings. The first-order chi connectivity index (χ1) is 15.5. The number of carbonyl (C=O) groups excluding carboxylic acids is 3. The molecule has 0 spiro atoms. The van der Waals surface area contributed by atoms with Gasteiger partial charge in [0.2, 0.25) is 5.82 Å². The molecule has 1 aliphatic rings. The molecule has 1 aliphatic heterocycles. The molecule has 1 aromatic heterocycles. The second-order valence-electron chi connectivity index (χ2n) is 6.95. The highest BCUT2D eigenvalue weighted by Crippen LogP contribution is 2.27. The van der Waals surface area contributed by atoms with Gasteiger partial charge in [-0.25, -0.2) is 9.18 Å². The third kappa shape index (κ3) is 4.26. The Kier molecular flexibility index (Phi) is 6.31. The molecule has 3 aromatic rings. The van der Waals surface area contributed by atoms with Gasteiger partial charge >= 0.3 is 5.97 Å². The van der Waals surface area contributed by atoms with Crippen molar-refractivity contribution < 1.29 is 28.0 Å². The Labute approximate surface area is 186 Å². The van der Waals surface area contributed by atoms with Crippen molar-refractivity contribution in [1.82, 2.24) is 15.0 Å². The van der Waals surface area contributed by atoms with Gasteiger partial charge in [-0.2, -0.15) is 16.7 Å². The summed E-state index contributed by atoms with van der Waals surface area (Å²) < 4.78 is 23.5.